The molecule has 0 spiro atoms. The number of amides is 1. The maximum Gasteiger partial charge on any atom is 0.266 e. The maximum atomic E-state index is 10.4. The van der Waals surface area contributed by atoms with E-state index in [9.17, 15) is 4.79 Å². The van der Waals surface area contributed by atoms with Crippen LogP contribution < -0.4 is 5.73 Å². The fourth-order valence-electron chi connectivity index (χ4n) is 0.454. The summed E-state index contributed by atoms with van der Waals surface area (Å²) in [5.41, 5.74) is 5.23. The molecule has 0 aromatic carbocycles. The van der Waals surface area contributed by atoms with Crippen molar-refractivity contribution in [2.45, 2.75) is 6.04 Å². The molecule has 42 valence electrons. The van der Waals surface area contributed by atoms with E-state index < -0.39 is 6.04 Å². The molecular weight excluding hydrogens is 104 g/mol. The zero-order chi connectivity index (χ0) is 5.98. The summed E-state index contributed by atoms with van der Waals surface area (Å²) >= 11 is 0. The quantitative estimate of drug-likeness (QED) is 0.456. The highest BCUT2D eigenvalue weighted by Crippen LogP contribution is 1.90. The van der Waals surface area contributed by atoms with E-state index in [4.69, 9.17) is 5.73 Å². The second-order valence-corrected chi connectivity index (χ2v) is 1.53. The third kappa shape index (κ3) is 0.816. The SMILES string of the molecule is NC1C=CC=NC1=O. The largest absolute Gasteiger partial charge is 0.317 e. The number of carbonyl (C=O) groups is 1. The van der Waals surface area contributed by atoms with Gasteiger partial charge in [0.2, 0.25) is 0 Å². The summed E-state index contributed by atoms with van der Waals surface area (Å²) in [5.74, 6) is -0.271. The van der Waals surface area contributed by atoms with Crippen LogP contribution in [0.5, 0.6) is 0 Å². The number of carbonyl (C=O) groups excluding carboxylic acids is 1. The number of nitrogens with zero attached hydrogens (tertiary/aromatic N) is 1. The standard InChI is InChI=1S/C5H6N2O/c6-4-2-1-3-7-5(4)8/h1-4H,6H2. The number of hydrogen-bond acceptors (Lipinski definition) is 2. The molecule has 0 radical (unpaired) electrons. The first-order valence-electron chi connectivity index (χ1n) is 2.31. The Bertz CT molecular complexity index is 160. The summed E-state index contributed by atoms with van der Waals surface area (Å²) in [6.07, 6.45) is 4.70. The van der Waals surface area contributed by atoms with Crippen molar-refractivity contribution < 1.29 is 4.79 Å². The Balaban J connectivity index is 2.74. The Morgan fingerprint density at radius 2 is 2.50 bits per heavy atom. The van der Waals surface area contributed by atoms with E-state index in [1.165, 1.54) is 6.21 Å². The lowest BCUT2D eigenvalue weighted by molar-refractivity contribution is -0.118. The van der Waals surface area contributed by atoms with E-state index in [2.05, 4.69) is 4.99 Å². The van der Waals surface area contributed by atoms with Gasteiger partial charge in [-0.1, -0.05) is 6.08 Å². The van der Waals surface area contributed by atoms with Crippen molar-refractivity contribution in [2.75, 3.05) is 0 Å². The molecule has 3 nitrogen and oxygen atoms in total. The average molecular weight is 110 g/mol. The number of rotatable bonds is 0. The number of nitrogens with two attached hydrogens (primary N) is 1. The van der Waals surface area contributed by atoms with Crippen LogP contribution in [0.2, 0.25) is 0 Å². The Hall–Kier alpha value is -0.960. The molecular formula is C5H6N2O. The van der Waals surface area contributed by atoms with Gasteiger partial charge < -0.3 is 5.73 Å². The van der Waals surface area contributed by atoms with Crippen LogP contribution in [0.1, 0.15) is 0 Å². The molecule has 0 aromatic rings. The van der Waals surface area contributed by atoms with Crippen LogP contribution >= 0.6 is 0 Å². The third-order valence-corrected chi connectivity index (χ3v) is 0.891. The smallest absolute Gasteiger partial charge is 0.266 e. The minimum atomic E-state index is -0.514. The van der Waals surface area contributed by atoms with Gasteiger partial charge >= 0.3 is 0 Å². The Morgan fingerprint density at radius 1 is 1.75 bits per heavy atom. The molecule has 1 atom stereocenters. The summed E-state index contributed by atoms with van der Waals surface area (Å²) in [6, 6.07) is -0.514. The van der Waals surface area contributed by atoms with Crippen molar-refractivity contribution in [2.24, 2.45) is 10.7 Å². The molecule has 1 rings (SSSR count). The van der Waals surface area contributed by atoms with E-state index in [0.717, 1.165) is 0 Å². The zero-order valence-corrected chi connectivity index (χ0v) is 4.24. The lowest BCUT2D eigenvalue weighted by Gasteiger charge is -2.00. The second kappa shape index (κ2) is 1.88. The fraction of sp³-hybridized carbons (Fsp3) is 0.200. The van der Waals surface area contributed by atoms with E-state index in [1.54, 1.807) is 12.2 Å². The van der Waals surface area contributed by atoms with Crippen molar-refractivity contribution >= 4 is 12.1 Å². The Kier molecular flexibility index (Phi) is 1.22. The molecule has 1 aliphatic rings. The van der Waals surface area contributed by atoms with E-state index in [1.807, 2.05) is 0 Å². The monoisotopic (exact) mass is 110 g/mol. The van der Waals surface area contributed by atoms with Gasteiger partial charge in [-0.3, -0.25) is 4.79 Å². The highest BCUT2D eigenvalue weighted by molar-refractivity contribution is 5.96. The highest BCUT2D eigenvalue weighted by atomic mass is 16.1. The van der Waals surface area contributed by atoms with Gasteiger partial charge in [0.25, 0.3) is 5.91 Å². The maximum absolute atomic E-state index is 10.4. The predicted molar refractivity (Wildman–Crippen MR) is 30.6 cm³/mol. The molecule has 1 unspecified atom stereocenters. The topological polar surface area (TPSA) is 55.4 Å². The lowest BCUT2D eigenvalue weighted by Crippen LogP contribution is -2.28. The van der Waals surface area contributed by atoms with Crippen molar-refractivity contribution in [1.29, 1.82) is 0 Å². The van der Waals surface area contributed by atoms with Gasteiger partial charge in [0.05, 0.1) is 0 Å². The molecule has 0 aliphatic carbocycles. The van der Waals surface area contributed by atoms with Gasteiger partial charge in [-0.05, 0) is 6.08 Å². The summed E-state index contributed by atoms with van der Waals surface area (Å²) in [5, 5.41) is 0. The van der Waals surface area contributed by atoms with Crippen LogP contribution in [0.15, 0.2) is 17.1 Å². The van der Waals surface area contributed by atoms with Crippen LogP contribution in [-0.2, 0) is 4.79 Å². The number of aliphatic imine (C=N–C) groups is 1. The molecule has 0 aromatic heterocycles. The summed E-state index contributed by atoms with van der Waals surface area (Å²) in [7, 11) is 0. The van der Waals surface area contributed by atoms with Crippen molar-refractivity contribution in [3.8, 4) is 0 Å². The normalized spacial score (nSPS) is 26.6. The van der Waals surface area contributed by atoms with Crippen molar-refractivity contribution in [3.05, 3.63) is 12.2 Å². The van der Waals surface area contributed by atoms with E-state index in [-0.39, 0.29) is 5.91 Å². The summed E-state index contributed by atoms with van der Waals surface area (Å²) < 4.78 is 0. The van der Waals surface area contributed by atoms with E-state index >= 15 is 0 Å². The molecule has 0 fully saturated rings. The Morgan fingerprint density at radius 3 is 2.88 bits per heavy atom. The third-order valence-electron chi connectivity index (χ3n) is 0.891. The minimum absolute atomic E-state index is 0.271. The number of hydrogen-bond donors (Lipinski definition) is 1. The van der Waals surface area contributed by atoms with Crippen molar-refractivity contribution in [3.63, 3.8) is 0 Å². The van der Waals surface area contributed by atoms with E-state index in [0.29, 0.717) is 0 Å². The Labute approximate surface area is 46.9 Å². The molecule has 0 bridgehead atoms. The minimum Gasteiger partial charge on any atom is -0.317 e. The molecule has 3 heteroatoms. The van der Waals surface area contributed by atoms with Gasteiger partial charge in [0, 0.05) is 6.21 Å². The van der Waals surface area contributed by atoms with Crippen LogP contribution in [0.4, 0.5) is 0 Å². The average Bonchev–Trinajstić information content (AvgIpc) is 1.77. The molecule has 0 saturated heterocycles. The first-order valence-corrected chi connectivity index (χ1v) is 2.31. The first kappa shape index (κ1) is 5.18. The van der Waals surface area contributed by atoms with Gasteiger partial charge in [-0.15, -0.1) is 0 Å². The fourth-order valence-corrected chi connectivity index (χ4v) is 0.454. The lowest BCUT2D eigenvalue weighted by atomic mass is 10.2. The molecule has 0 saturated carbocycles. The molecule has 1 heterocycles. The van der Waals surface area contributed by atoms with Crippen molar-refractivity contribution in [1.82, 2.24) is 0 Å². The van der Waals surface area contributed by atoms with Crippen LogP contribution in [0.25, 0.3) is 0 Å². The van der Waals surface area contributed by atoms with Gasteiger partial charge in [-0.25, -0.2) is 4.99 Å². The summed E-state index contributed by atoms with van der Waals surface area (Å²) in [6.45, 7) is 0. The zero-order valence-electron chi connectivity index (χ0n) is 4.24. The van der Waals surface area contributed by atoms with Gasteiger partial charge in [0.1, 0.15) is 6.04 Å². The van der Waals surface area contributed by atoms with Crippen LogP contribution in [0, 0.1) is 0 Å². The number of allylic oxidation sites excluding steroid dienone is 1. The summed E-state index contributed by atoms with van der Waals surface area (Å²) in [4.78, 5) is 13.9. The van der Waals surface area contributed by atoms with Crippen LogP contribution in [-0.4, -0.2) is 18.2 Å². The predicted octanol–water partition coefficient (Wildman–Crippen LogP) is -0.519. The molecule has 8 heavy (non-hydrogen) atoms. The van der Waals surface area contributed by atoms with Crippen LogP contribution in [0.3, 0.4) is 0 Å². The molecule has 1 amide bonds. The van der Waals surface area contributed by atoms with Gasteiger partial charge in [0.15, 0.2) is 0 Å². The second-order valence-electron chi connectivity index (χ2n) is 1.53. The van der Waals surface area contributed by atoms with Gasteiger partial charge in [-0.2, -0.15) is 0 Å². The first-order chi connectivity index (χ1) is 3.80. The molecule has 1 aliphatic heterocycles. The molecule has 2 N–H and O–H groups in total. The highest BCUT2D eigenvalue weighted by Gasteiger charge is 2.08. The number of dihydropyridines is 1.